The van der Waals surface area contributed by atoms with Crippen molar-refractivity contribution in [3.63, 3.8) is 0 Å². The molecule has 1 amide bonds. The average Bonchev–Trinajstić information content (AvgIpc) is 2.72. The maximum Gasteiger partial charge on any atom is 0.377 e. The SMILES string of the molecule is CC(C(=O)NCc1ccc(F)c(F)c1)=C1OC(C)(C)OC1=O. The third-order valence-corrected chi connectivity index (χ3v) is 2.99. The van der Waals surface area contributed by atoms with Crippen LogP contribution in [0.5, 0.6) is 0 Å². The Kier molecular flexibility index (Phi) is 4.16. The molecule has 0 spiro atoms. The van der Waals surface area contributed by atoms with Gasteiger partial charge in [-0.2, -0.15) is 0 Å². The molecule has 1 N–H and O–H groups in total. The van der Waals surface area contributed by atoms with Crippen LogP contribution in [0.15, 0.2) is 29.5 Å². The smallest absolute Gasteiger partial charge is 0.377 e. The number of benzene rings is 1. The first kappa shape index (κ1) is 15.9. The summed E-state index contributed by atoms with van der Waals surface area (Å²) in [6.45, 7) is 4.49. The van der Waals surface area contributed by atoms with Gasteiger partial charge >= 0.3 is 5.97 Å². The molecule has 1 saturated heterocycles. The third-order valence-electron chi connectivity index (χ3n) is 2.99. The molecule has 0 saturated carbocycles. The zero-order chi connectivity index (χ0) is 16.5. The summed E-state index contributed by atoms with van der Waals surface area (Å²) in [6.07, 6.45) is 0. The molecule has 7 heteroatoms. The van der Waals surface area contributed by atoms with Gasteiger partial charge in [-0.3, -0.25) is 4.79 Å². The summed E-state index contributed by atoms with van der Waals surface area (Å²) in [5, 5.41) is 2.50. The van der Waals surface area contributed by atoms with Crippen molar-refractivity contribution in [1.82, 2.24) is 5.32 Å². The number of amides is 1. The molecule has 0 aliphatic carbocycles. The van der Waals surface area contributed by atoms with E-state index in [1.54, 1.807) is 13.8 Å². The molecule has 0 atom stereocenters. The zero-order valence-corrected chi connectivity index (χ0v) is 12.3. The normalized spacial score (nSPS) is 18.5. The summed E-state index contributed by atoms with van der Waals surface area (Å²) in [5.41, 5.74) is 0.443. The number of rotatable bonds is 3. The first-order chi connectivity index (χ1) is 10.2. The van der Waals surface area contributed by atoms with Gasteiger partial charge in [0.05, 0.1) is 5.57 Å². The van der Waals surface area contributed by atoms with Crippen LogP contribution in [0.3, 0.4) is 0 Å². The molecule has 1 heterocycles. The number of carbonyl (C=O) groups is 2. The number of carbonyl (C=O) groups excluding carboxylic acids is 2. The Labute approximate surface area is 125 Å². The Bertz CT molecular complexity index is 668. The molecule has 118 valence electrons. The van der Waals surface area contributed by atoms with E-state index < -0.39 is 29.3 Å². The van der Waals surface area contributed by atoms with Crippen molar-refractivity contribution in [2.24, 2.45) is 0 Å². The molecule has 0 radical (unpaired) electrons. The highest BCUT2D eigenvalue weighted by Gasteiger charge is 2.39. The summed E-state index contributed by atoms with van der Waals surface area (Å²) >= 11 is 0. The lowest BCUT2D eigenvalue weighted by atomic mass is 10.2. The average molecular weight is 311 g/mol. The Morgan fingerprint density at radius 3 is 2.45 bits per heavy atom. The second kappa shape index (κ2) is 5.75. The molecular weight excluding hydrogens is 296 g/mol. The number of nitrogens with one attached hydrogen (secondary N) is 1. The number of halogens is 2. The monoisotopic (exact) mass is 311 g/mol. The molecule has 0 bridgehead atoms. The quantitative estimate of drug-likeness (QED) is 0.686. The van der Waals surface area contributed by atoms with Crippen molar-refractivity contribution in [2.75, 3.05) is 0 Å². The van der Waals surface area contributed by atoms with Crippen LogP contribution in [0.2, 0.25) is 0 Å². The van der Waals surface area contributed by atoms with Gasteiger partial charge in [0.2, 0.25) is 11.5 Å². The van der Waals surface area contributed by atoms with Crippen LogP contribution in [0.4, 0.5) is 8.78 Å². The molecule has 2 rings (SSSR count). The van der Waals surface area contributed by atoms with Crippen molar-refractivity contribution < 1.29 is 27.8 Å². The summed E-state index contributed by atoms with van der Waals surface area (Å²) in [5.74, 6) is -4.51. The molecule has 0 aromatic heterocycles. The van der Waals surface area contributed by atoms with Crippen LogP contribution in [-0.2, 0) is 25.6 Å². The summed E-state index contributed by atoms with van der Waals surface area (Å²) in [4.78, 5) is 23.6. The Morgan fingerprint density at radius 1 is 1.23 bits per heavy atom. The molecule has 1 fully saturated rings. The largest absolute Gasteiger partial charge is 0.445 e. The predicted octanol–water partition coefficient (Wildman–Crippen LogP) is 2.16. The van der Waals surface area contributed by atoms with Crippen molar-refractivity contribution in [3.8, 4) is 0 Å². The van der Waals surface area contributed by atoms with Gasteiger partial charge in [0.25, 0.3) is 5.91 Å². The van der Waals surface area contributed by atoms with E-state index in [1.165, 1.54) is 13.0 Å². The lowest BCUT2D eigenvalue weighted by Crippen LogP contribution is -2.25. The Morgan fingerprint density at radius 2 is 1.91 bits per heavy atom. The van der Waals surface area contributed by atoms with Gasteiger partial charge in [0.15, 0.2) is 11.6 Å². The first-order valence-corrected chi connectivity index (χ1v) is 6.55. The van der Waals surface area contributed by atoms with E-state index in [4.69, 9.17) is 9.47 Å². The highest BCUT2D eigenvalue weighted by molar-refractivity contribution is 6.01. The predicted molar refractivity (Wildman–Crippen MR) is 72.2 cm³/mol. The van der Waals surface area contributed by atoms with Crippen LogP contribution in [-0.4, -0.2) is 17.7 Å². The van der Waals surface area contributed by atoms with Gasteiger partial charge in [-0.1, -0.05) is 6.07 Å². The topological polar surface area (TPSA) is 64.6 Å². The number of cyclic esters (lactones) is 1. The van der Waals surface area contributed by atoms with E-state index >= 15 is 0 Å². The summed E-state index contributed by atoms with van der Waals surface area (Å²) < 4.78 is 36.1. The van der Waals surface area contributed by atoms with E-state index in [2.05, 4.69) is 5.32 Å². The molecular formula is C15H15F2NO4. The van der Waals surface area contributed by atoms with Crippen LogP contribution in [0.25, 0.3) is 0 Å². The highest BCUT2D eigenvalue weighted by atomic mass is 19.2. The second-order valence-electron chi connectivity index (χ2n) is 5.28. The molecule has 1 aliphatic heterocycles. The fourth-order valence-electron chi connectivity index (χ4n) is 1.88. The van der Waals surface area contributed by atoms with Crippen LogP contribution < -0.4 is 5.32 Å². The van der Waals surface area contributed by atoms with E-state index in [9.17, 15) is 18.4 Å². The van der Waals surface area contributed by atoms with Gasteiger partial charge in [0.1, 0.15) is 0 Å². The number of esters is 1. The molecule has 5 nitrogen and oxygen atoms in total. The van der Waals surface area contributed by atoms with E-state index in [0.29, 0.717) is 5.56 Å². The van der Waals surface area contributed by atoms with Crippen LogP contribution >= 0.6 is 0 Å². The molecule has 22 heavy (non-hydrogen) atoms. The third kappa shape index (κ3) is 3.41. The lowest BCUT2D eigenvalue weighted by Gasteiger charge is -2.14. The minimum atomic E-state index is -1.12. The molecule has 1 aromatic rings. The number of hydrogen-bond acceptors (Lipinski definition) is 4. The second-order valence-corrected chi connectivity index (χ2v) is 5.28. The minimum absolute atomic E-state index is 0.0148. The highest BCUT2D eigenvalue weighted by Crippen LogP contribution is 2.28. The van der Waals surface area contributed by atoms with Gasteiger partial charge < -0.3 is 14.8 Å². The first-order valence-electron chi connectivity index (χ1n) is 6.55. The maximum absolute atomic E-state index is 13.1. The van der Waals surface area contributed by atoms with E-state index in [0.717, 1.165) is 12.1 Å². The maximum atomic E-state index is 13.1. The van der Waals surface area contributed by atoms with Crippen molar-refractivity contribution in [1.29, 1.82) is 0 Å². The number of ether oxygens (including phenoxy) is 2. The minimum Gasteiger partial charge on any atom is -0.445 e. The lowest BCUT2D eigenvalue weighted by molar-refractivity contribution is -0.159. The van der Waals surface area contributed by atoms with Gasteiger partial charge in [-0.15, -0.1) is 0 Å². The number of hydrogen-bond donors (Lipinski definition) is 1. The van der Waals surface area contributed by atoms with Crippen LogP contribution in [0.1, 0.15) is 26.3 Å². The van der Waals surface area contributed by atoms with Crippen molar-refractivity contribution in [2.45, 2.75) is 33.1 Å². The van der Waals surface area contributed by atoms with Gasteiger partial charge in [-0.05, 0) is 24.6 Å². The van der Waals surface area contributed by atoms with Crippen molar-refractivity contribution >= 4 is 11.9 Å². The molecule has 1 aliphatic rings. The van der Waals surface area contributed by atoms with Crippen molar-refractivity contribution in [3.05, 3.63) is 46.7 Å². The zero-order valence-electron chi connectivity index (χ0n) is 12.3. The van der Waals surface area contributed by atoms with Gasteiger partial charge in [-0.25, -0.2) is 13.6 Å². The fourth-order valence-corrected chi connectivity index (χ4v) is 1.88. The fraction of sp³-hybridized carbons (Fsp3) is 0.333. The molecule has 0 unspecified atom stereocenters. The van der Waals surface area contributed by atoms with Crippen LogP contribution in [0, 0.1) is 11.6 Å². The standard InChI is InChI=1S/C15H15F2NO4/c1-8(12-14(20)22-15(2,3)21-12)13(19)18-7-9-4-5-10(16)11(17)6-9/h4-6H,7H2,1-3H3,(H,18,19). The molecule has 1 aromatic carbocycles. The van der Waals surface area contributed by atoms with E-state index in [1.807, 2.05) is 0 Å². The Balaban J connectivity index is 2.06. The van der Waals surface area contributed by atoms with E-state index in [-0.39, 0.29) is 17.9 Å². The van der Waals surface area contributed by atoms with Gasteiger partial charge in [0, 0.05) is 20.4 Å². The summed E-state index contributed by atoms with van der Waals surface area (Å²) in [6, 6.07) is 3.31. The summed E-state index contributed by atoms with van der Waals surface area (Å²) in [7, 11) is 0. The Hall–Kier alpha value is -2.44.